The summed E-state index contributed by atoms with van der Waals surface area (Å²) in [5.74, 6) is -0.132. The molecule has 0 aromatic heterocycles. The van der Waals surface area contributed by atoms with Gasteiger partial charge in [0, 0.05) is 13.6 Å². The highest BCUT2D eigenvalue weighted by Gasteiger charge is 2.28. The Morgan fingerprint density at radius 3 is 2.59 bits per heavy atom. The summed E-state index contributed by atoms with van der Waals surface area (Å²) in [6, 6.07) is 6.99. The third-order valence-corrected chi connectivity index (χ3v) is 3.69. The van der Waals surface area contributed by atoms with E-state index in [4.69, 9.17) is 0 Å². The molecule has 1 aliphatic heterocycles. The van der Waals surface area contributed by atoms with Gasteiger partial charge in [-0.15, -0.1) is 0 Å². The quantitative estimate of drug-likeness (QED) is 0.868. The van der Waals surface area contributed by atoms with Crippen LogP contribution in [0.4, 0.5) is 10.1 Å². The number of halogens is 1. The van der Waals surface area contributed by atoms with Gasteiger partial charge < -0.3 is 10.2 Å². The summed E-state index contributed by atoms with van der Waals surface area (Å²) in [7, 11) is 1.98. The molecular formula is C14H21FN2. The molecule has 1 N–H and O–H groups in total. The van der Waals surface area contributed by atoms with Crippen molar-refractivity contribution in [2.24, 2.45) is 5.41 Å². The standard InChI is InChI=1S/C14H21FN2/c1-14(7-9-16-10-8-14)11-17(2)13-6-4-3-5-12(13)15/h3-6,16H,7-11H2,1-2H3. The van der Waals surface area contributed by atoms with Crippen LogP contribution in [0.1, 0.15) is 19.8 Å². The van der Waals surface area contributed by atoms with Crippen LogP contribution >= 0.6 is 0 Å². The van der Waals surface area contributed by atoms with E-state index < -0.39 is 0 Å². The van der Waals surface area contributed by atoms with Crippen LogP contribution in [0, 0.1) is 11.2 Å². The van der Waals surface area contributed by atoms with Crippen LogP contribution in [0.2, 0.25) is 0 Å². The van der Waals surface area contributed by atoms with Gasteiger partial charge in [-0.25, -0.2) is 4.39 Å². The number of para-hydroxylation sites is 1. The van der Waals surface area contributed by atoms with E-state index >= 15 is 0 Å². The minimum atomic E-state index is -0.132. The Balaban J connectivity index is 2.06. The molecule has 0 unspecified atom stereocenters. The highest BCUT2D eigenvalue weighted by atomic mass is 19.1. The van der Waals surface area contributed by atoms with Gasteiger partial charge in [-0.05, 0) is 43.5 Å². The Morgan fingerprint density at radius 1 is 1.29 bits per heavy atom. The zero-order valence-electron chi connectivity index (χ0n) is 10.7. The van der Waals surface area contributed by atoms with Crippen LogP contribution < -0.4 is 10.2 Å². The van der Waals surface area contributed by atoms with Gasteiger partial charge in [-0.3, -0.25) is 0 Å². The number of rotatable bonds is 3. The van der Waals surface area contributed by atoms with E-state index in [0.29, 0.717) is 11.1 Å². The molecule has 2 nitrogen and oxygen atoms in total. The summed E-state index contributed by atoms with van der Waals surface area (Å²) < 4.78 is 13.7. The highest BCUT2D eigenvalue weighted by Crippen LogP contribution is 2.30. The van der Waals surface area contributed by atoms with Crippen molar-refractivity contribution in [3.8, 4) is 0 Å². The minimum absolute atomic E-state index is 0.132. The van der Waals surface area contributed by atoms with Crippen LogP contribution in [0.3, 0.4) is 0 Å². The summed E-state index contributed by atoms with van der Waals surface area (Å²) in [6.07, 6.45) is 2.32. The molecule has 0 saturated carbocycles. The van der Waals surface area contributed by atoms with Crippen LogP contribution in [0.25, 0.3) is 0 Å². The van der Waals surface area contributed by atoms with Gasteiger partial charge in [0.2, 0.25) is 0 Å². The molecule has 3 heteroatoms. The van der Waals surface area contributed by atoms with Gasteiger partial charge in [0.05, 0.1) is 5.69 Å². The molecule has 17 heavy (non-hydrogen) atoms. The van der Waals surface area contributed by atoms with Gasteiger partial charge in [-0.1, -0.05) is 19.1 Å². The molecule has 0 atom stereocenters. The van der Waals surface area contributed by atoms with Crippen molar-refractivity contribution in [1.29, 1.82) is 0 Å². The van der Waals surface area contributed by atoms with Crippen LogP contribution in [0.15, 0.2) is 24.3 Å². The fourth-order valence-electron chi connectivity index (χ4n) is 2.61. The summed E-state index contributed by atoms with van der Waals surface area (Å²) in [4.78, 5) is 2.04. The van der Waals surface area contributed by atoms with Crippen LogP contribution in [0.5, 0.6) is 0 Å². The summed E-state index contributed by atoms with van der Waals surface area (Å²) >= 11 is 0. The topological polar surface area (TPSA) is 15.3 Å². The van der Waals surface area contributed by atoms with E-state index in [9.17, 15) is 4.39 Å². The number of benzene rings is 1. The van der Waals surface area contributed by atoms with E-state index in [1.165, 1.54) is 6.07 Å². The number of piperidine rings is 1. The zero-order chi connectivity index (χ0) is 12.3. The van der Waals surface area contributed by atoms with E-state index in [2.05, 4.69) is 12.2 Å². The highest BCUT2D eigenvalue weighted by molar-refractivity contribution is 5.46. The van der Waals surface area contributed by atoms with Crippen molar-refractivity contribution in [1.82, 2.24) is 5.32 Å². The first-order chi connectivity index (χ1) is 8.11. The Bertz CT molecular complexity index is 372. The molecule has 0 spiro atoms. The Kier molecular flexibility index (Phi) is 3.67. The first-order valence-corrected chi connectivity index (χ1v) is 6.27. The number of hydrogen-bond donors (Lipinski definition) is 1. The van der Waals surface area contributed by atoms with Crippen molar-refractivity contribution >= 4 is 5.69 Å². The normalized spacial score (nSPS) is 19.0. The SMILES string of the molecule is CN(CC1(C)CCNCC1)c1ccccc1F. The number of anilines is 1. The molecule has 2 rings (SSSR count). The maximum Gasteiger partial charge on any atom is 0.146 e. The predicted molar refractivity (Wildman–Crippen MR) is 69.9 cm³/mol. The molecule has 1 saturated heterocycles. The smallest absolute Gasteiger partial charge is 0.146 e. The number of nitrogens with one attached hydrogen (secondary N) is 1. The molecule has 1 aromatic rings. The van der Waals surface area contributed by atoms with E-state index in [0.717, 1.165) is 32.5 Å². The van der Waals surface area contributed by atoms with E-state index in [-0.39, 0.29) is 5.82 Å². The second-order valence-electron chi connectivity index (χ2n) is 5.37. The van der Waals surface area contributed by atoms with Gasteiger partial charge in [-0.2, -0.15) is 0 Å². The van der Waals surface area contributed by atoms with Crippen molar-refractivity contribution in [2.75, 3.05) is 31.6 Å². The summed E-state index contributed by atoms with van der Waals surface area (Å²) in [6.45, 7) is 5.35. The fourth-order valence-corrected chi connectivity index (χ4v) is 2.61. The predicted octanol–water partition coefficient (Wildman–Crippen LogP) is 2.65. The molecule has 0 aliphatic carbocycles. The Labute approximate surface area is 103 Å². The van der Waals surface area contributed by atoms with Gasteiger partial charge in [0.25, 0.3) is 0 Å². The van der Waals surface area contributed by atoms with Crippen molar-refractivity contribution < 1.29 is 4.39 Å². The second-order valence-corrected chi connectivity index (χ2v) is 5.37. The molecule has 94 valence electrons. The molecule has 0 radical (unpaired) electrons. The number of nitrogens with zero attached hydrogens (tertiary/aromatic N) is 1. The monoisotopic (exact) mass is 236 g/mol. The van der Waals surface area contributed by atoms with Gasteiger partial charge >= 0.3 is 0 Å². The lowest BCUT2D eigenvalue weighted by Gasteiger charge is -2.38. The van der Waals surface area contributed by atoms with Gasteiger partial charge in [0.1, 0.15) is 5.82 Å². The first kappa shape index (κ1) is 12.4. The molecule has 1 fully saturated rings. The third kappa shape index (κ3) is 2.97. The van der Waals surface area contributed by atoms with Gasteiger partial charge in [0.15, 0.2) is 0 Å². The van der Waals surface area contributed by atoms with Crippen molar-refractivity contribution in [3.63, 3.8) is 0 Å². The molecule has 0 bridgehead atoms. The largest absolute Gasteiger partial charge is 0.372 e. The fraction of sp³-hybridized carbons (Fsp3) is 0.571. The summed E-state index contributed by atoms with van der Waals surface area (Å²) in [5.41, 5.74) is 0.995. The first-order valence-electron chi connectivity index (χ1n) is 6.27. The van der Waals surface area contributed by atoms with E-state index in [1.807, 2.05) is 24.1 Å². The molecule has 1 aromatic carbocycles. The Hall–Kier alpha value is -1.09. The van der Waals surface area contributed by atoms with E-state index in [1.54, 1.807) is 6.07 Å². The third-order valence-electron chi connectivity index (χ3n) is 3.69. The maximum atomic E-state index is 13.7. The minimum Gasteiger partial charge on any atom is -0.372 e. The molecular weight excluding hydrogens is 215 g/mol. The Morgan fingerprint density at radius 2 is 1.94 bits per heavy atom. The number of hydrogen-bond acceptors (Lipinski definition) is 2. The molecule has 1 heterocycles. The lowest BCUT2D eigenvalue weighted by Crippen LogP contribution is -2.42. The van der Waals surface area contributed by atoms with Crippen LogP contribution in [-0.2, 0) is 0 Å². The zero-order valence-corrected chi connectivity index (χ0v) is 10.7. The van der Waals surface area contributed by atoms with Crippen molar-refractivity contribution in [2.45, 2.75) is 19.8 Å². The average molecular weight is 236 g/mol. The maximum absolute atomic E-state index is 13.7. The lowest BCUT2D eigenvalue weighted by molar-refractivity contribution is 0.236. The van der Waals surface area contributed by atoms with Crippen LogP contribution in [-0.4, -0.2) is 26.7 Å². The van der Waals surface area contributed by atoms with Crippen molar-refractivity contribution in [3.05, 3.63) is 30.1 Å². The second kappa shape index (κ2) is 5.05. The summed E-state index contributed by atoms with van der Waals surface area (Å²) in [5, 5.41) is 3.37. The average Bonchev–Trinajstić information content (AvgIpc) is 2.29. The lowest BCUT2D eigenvalue weighted by atomic mass is 9.80. The molecule has 0 amide bonds. The molecule has 1 aliphatic rings.